The molecule has 0 aliphatic carbocycles. The van der Waals surface area contributed by atoms with Gasteiger partial charge in [-0.05, 0) is 90.0 Å². The third-order valence-corrected chi connectivity index (χ3v) is 13.9. The van der Waals surface area contributed by atoms with Crippen LogP contribution in [0, 0.1) is 11.3 Å². The zero-order chi connectivity index (χ0) is 47.0. The molecule has 4 heterocycles. The van der Waals surface area contributed by atoms with Crippen LogP contribution in [-0.4, -0.2) is 28.7 Å². The number of aromatic nitrogens is 6. The molecule has 0 bridgehead atoms. The van der Waals surface area contributed by atoms with Crippen molar-refractivity contribution in [1.82, 2.24) is 28.7 Å². The largest absolute Gasteiger partial charge is 0.309 e. The van der Waals surface area contributed by atoms with Gasteiger partial charge in [0.05, 0.1) is 50.4 Å². The highest BCUT2D eigenvalue weighted by Gasteiger charge is 2.23. The summed E-state index contributed by atoms with van der Waals surface area (Å²) in [6.45, 7) is 0. The Hall–Kier alpha value is -9.90. The Kier molecular flexibility index (Phi) is 9.13. The van der Waals surface area contributed by atoms with Crippen LogP contribution in [0.4, 0.5) is 0 Å². The van der Waals surface area contributed by atoms with E-state index in [2.05, 4.69) is 171 Å². The third-order valence-electron chi connectivity index (χ3n) is 13.9. The van der Waals surface area contributed by atoms with Crippen molar-refractivity contribution in [2.24, 2.45) is 0 Å². The molecule has 10 aromatic carbocycles. The van der Waals surface area contributed by atoms with E-state index in [1.165, 1.54) is 21.5 Å². The molecule has 0 saturated heterocycles. The molecule has 7 heteroatoms. The molecule has 0 amide bonds. The smallest absolute Gasteiger partial charge is 0.166 e. The van der Waals surface area contributed by atoms with Crippen LogP contribution in [0.25, 0.3) is 128 Å². The zero-order valence-corrected chi connectivity index (χ0v) is 38.1. The first-order valence-electron chi connectivity index (χ1n) is 23.7. The van der Waals surface area contributed by atoms with Crippen LogP contribution in [0.1, 0.15) is 5.56 Å². The summed E-state index contributed by atoms with van der Waals surface area (Å²) in [5.74, 6) is 1.65. The zero-order valence-electron chi connectivity index (χ0n) is 38.1. The molecule has 4 aromatic heterocycles. The first-order chi connectivity index (χ1) is 35.2. The lowest BCUT2D eigenvalue weighted by molar-refractivity contribution is 1.06. The van der Waals surface area contributed by atoms with Crippen molar-refractivity contribution in [1.29, 1.82) is 5.26 Å². The molecule has 0 atom stereocenters. The van der Waals surface area contributed by atoms with Gasteiger partial charge in [-0.3, -0.25) is 0 Å². The summed E-state index contributed by atoms with van der Waals surface area (Å²) < 4.78 is 7.13. The van der Waals surface area contributed by atoms with Crippen LogP contribution in [0.3, 0.4) is 0 Å². The van der Waals surface area contributed by atoms with Crippen LogP contribution in [0.2, 0.25) is 0 Å². The quantitative estimate of drug-likeness (QED) is 0.160. The molecule has 14 rings (SSSR count). The van der Waals surface area contributed by atoms with E-state index in [-0.39, 0.29) is 0 Å². The van der Waals surface area contributed by atoms with E-state index in [1.807, 2.05) is 84.9 Å². The number of nitriles is 1. The van der Waals surface area contributed by atoms with E-state index in [0.717, 1.165) is 88.8 Å². The molecule has 0 aliphatic rings. The molecule has 0 unspecified atom stereocenters. The van der Waals surface area contributed by atoms with E-state index < -0.39 is 0 Å². The summed E-state index contributed by atoms with van der Waals surface area (Å²) in [5.41, 5.74) is 14.5. The van der Waals surface area contributed by atoms with Crippen LogP contribution in [-0.2, 0) is 0 Å². The molecule has 0 fully saturated rings. The Labute approximate surface area is 408 Å². The van der Waals surface area contributed by atoms with E-state index in [9.17, 15) is 5.26 Å². The summed E-state index contributed by atoms with van der Waals surface area (Å²) in [4.78, 5) is 15.7. The predicted molar refractivity (Wildman–Crippen MR) is 289 cm³/mol. The second-order valence-electron chi connectivity index (χ2n) is 17.9. The first kappa shape index (κ1) is 40.2. The lowest BCUT2D eigenvalue weighted by Gasteiger charge is -2.17. The van der Waals surface area contributed by atoms with Gasteiger partial charge in [0.1, 0.15) is 0 Å². The maximum Gasteiger partial charge on any atom is 0.166 e. The number of fused-ring (bicyclic) bond motifs is 9. The van der Waals surface area contributed by atoms with Crippen molar-refractivity contribution in [3.05, 3.63) is 242 Å². The lowest BCUT2D eigenvalue weighted by Crippen LogP contribution is -2.04. The fourth-order valence-corrected chi connectivity index (χ4v) is 10.8. The average Bonchev–Trinajstić information content (AvgIpc) is 4.09. The van der Waals surface area contributed by atoms with Crippen molar-refractivity contribution in [2.45, 2.75) is 0 Å². The number of rotatable bonds is 7. The van der Waals surface area contributed by atoms with Gasteiger partial charge < -0.3 is 13.7 Å². The number of para-hydroxylation sites is 4. The standard InChI is InChI=1S/C64H39N7/c65-40-44-21-7-8-22-47(44)43-31-34-61(54(37-43)64-67-62(41-17-3-1-4-18-41)66-63(68-64)42-19-5-2-6-20-42)71-59-35-32-45(69-55-27-13-9-23-48(55)49-24-10-14-28-56(49)69)38-52(59)53-39-46(33-36-60(53)71)70-57-29-15-11-25-50(57)51-26-12-16-30-58(51)70/h1-39H. The normalized spacial score (nSPS) is 11.6. The highest BCUT2D eigenvalue weighted by Crippen LogP contribution is 2.42. The van der Waals surface area contributed by atoms with Gasteiger partial charge in [-0.25, -0.2) is 15.0 Å². The van der Waals surface area contributed by atoms with Crippen LogP contribution < -0.4 is 0 Å². The van der Waals surface area contributed by atoms with Crippen molar-refractivity contribution in [3.8, 4) is 68.4 Å². The Morgan fingerprint density at radius 1 is 0.296 bits per heavy atom. The van der Waals surface area contributed by atoms with Gasteiger partial charge in [0, 0.05) is 60.4 Å². The summed E-state index contributed by atoms with van der Waals surface area (Å²) >= 11 is 0. The van der Waals surface area contributed by atoms with Crippen LogP contribution >= 0.6 is 0 Å². The van der Waals surface area contributed by atoms with E-state index in [4.69, 9.17) is 15.0 Å². The average molecular weight is 906 g/mol. The Morgan fingerprint density at radius 3 is 1.18 bits per heavy atom. The SMILES string of the molecule is N#Cc1ccccc1-c1ccc(-n2c3ccc(-n4c5ccccc5c5ccccc54)cc3c3cc(-n4c5ccccc5c5ccccc54)ccc32)c(-c2nc(-c3ccccc3)nc(-c3ccccc3)n2)c1. The third kappa shape index (κ3) is 6.40. The summed E-state index contributed by atoms with van der Waals surface area (Å²) in [7, 11) is 0. The molecule has 71 heavy (non-hydrogen) atoms. The van der Waals surface area contributed by atoms with Crippen LogP contribution in [0.15, 0.2) is 237 Å². The second kappa shape index (κ2) is 16.1. The van der Waals surface area contributed by atoms with Crippen molar-refractivity contribution in [2.75, 3.05) is 0 Å². The molecule has 0 radical (unpaired) electrons. The fraction of sp³-hybridized carbons (Fsp3) is 0. The Balaban J connectivity index is 1.09. The molecule has 0 N–H and O–H groups in total. The molecule has 14 aromatic rings. The van der Waals surface area contributed by atoms with Gasteiger partial charge in [-0.1, -0.05) is 158 Å². The Bertz CT molecular complexity index is 4140. The van der Waals surface area contributed by atoms with Crippen molar-refractivity contribution in [3.63, 3.8) is 0 Å². The first-order valence-corrected chi connectivity index (χ1v) is 23.7. The Morgan fingerprint density at radius 2 is 0.704 bits per heavy atom. The van der Waals surface area contributed by atoms with Crippen LogP contribution in [0.5, 0.6) is 0 Å². The molecule has 0 saturated carbocycles. The second-order valence-corrected chi connectivity index (χ2v) is 17.9. The minimum atomic E-state index is 0.516. The van der Waals surface area contributed by atoms with Crippen molar-refractivity contribution < 1.29 is 0 Å². The van der Waals surface area contributed by atoms with Gasteiger partial charge in [0.2, 0.25) is 0 Å². The minimum absolute atomic E-state index is 0.516. The number of hydrogen-bond donors (Lipinski definition) is 0. The van der Waals surface area contributed by atoms with Gasteiger partial charge in [0.15, 0.2) is 17.5 Å². The van der Waals surface area contributed by atoms with E-state index in [0.29, 0.717) is 23.0 Å². The van der Waals surface area contributed by atoms with Gasteiger partial charge in [-0.15, -0.1) is 0 Å². The maximum absolute atomic E-state index is 10.4. The summed E-state index contributed by atoms with van der Waals surface area (Å²) in [5, 5.41) is 17.4. The molecule has 330 valence electrons. The molecular weight excluding hydrogens is 867 g/mol. The number of benzene rings is 10. The lowest BCUT2D eigenvalue weighted by atomic mass is 9.97. The van der Waals surface area contributed by atoms with Gasteiger partial charge >= 0.3 is 0 Å². The summed E-state index contributed by atoms with van der Waals surface area (Å²) in [6.07, 6.45) is 0. The maximum atomic E-state index is 10.4. The van der Waals surface area contributed by atoms with Gasteiger partial charge in [0.25, 0.3) is 0 Å². The van der Waals surface area contributed by atoms with E-state index in [1.54, 1.807) is 0 Å². The molecule has 0 aliphatic heterocycles. The monoisotopic (exact) mass is 905 g/mol. The predicted octanol–water partition coefficient (Wildman–Crippen LogP) is 15.7. The number of nitrogens with zero attached hydrogens (tertiary/aromatic N) is 7. The highest BCUT2D eigenvalue weighted by molar-refractivity contribution is 6.14. The summed E-state index contributed by atoms with van der Waals surface area (Å²) in [6, 6.07) is 85.1. The number of hydrogen-bond acceptors (Lipinski definition) is 4. The highest BCUT2D eigenvalue weighted by atomic mass is 15.1. The van der Waals surface area contributed by atoms with E-state index >= 15 is 0 Å². The molecular formula is C64H39N7. The fourth-order valence-electron chi connectivity index (χ4n) is 10.8. The van der Waals surface area contributed by atoms with Crippen molar-refractivity contribution >= 4 is 65.4 Å². The topological polar surface area (TPSA) is 77.2 Å². The van der Waals surface area contributed by atoms with Gasteiger partial charge in [-0.2, -0.15) is 5.26 Å². The molecule has 0 spiro atoms. The molecule has 7 nitrogen and oxygen atoms in total. The minimum Gasteiger partial charge on any atom is -0.309 e.